The summed E-state index contributed by atoms with van der Waals surface area (Å²) in [5.41, 5.74) is 0. The first-order chi connectivity index (χ1) is 4.31. The molecule has 0 saturated heterocycles. The van der Waals surface area contributed by atoms with Crippen LogP contribution in [0.1, 0.15) is 13.3 Å². The van der Waals surface area contributed by atoms with Crippen LogP contribution in [-0.4, -0.2) is 11.8 Å². The molecule has 52 valence electrons. The van der Waals surface area contributed by atoms with Crippen molar-refractivity contribution in [3.63, 3.8) is 0 Å². The Kier molecular flexibility index (Phi) is 5.32. The van der Waals surface area contributed by atoms with Crippen molar-refractivity contribution in [2.45, 2.75) is 13.3 Å². The molecule has 0 bridgehead atoms. The van der Waals surface area contributed by atoms with Gasteiger partial charge in [0, 0.05) is 12.3 Å². The summed E-state index contributed by atoms with van der Waals surface area (Å²) in [7, 11) is 0. The Balaban J connectivity index is 3.26. The van der Waals surface area contributed by atoms with Crippen LogP contribution < -0.4 is 0 Å². The molecule has 0 saturated carbocycles. The van der Waals surface area contributed by atoms with E-state index in [1.165, 1.54) is 6.26 Å². The van der Waals surface area contributed by atoms with Gasteiger partial charge in [0.15, 0.2) is 0 Å². The number of ether oxygens (including phenoxy) is 1. The maximum atomic E-state index is 10.4. The number of carbonyl (C=O) groups is 1. The molecule has 0 amide bonds. The fourth-order valence-electron chi connectivity index (χ4n) is 0.244. The number of allylic oxidation sites excluding steroid dienone is 1. The van der Waals surface area contributed by atoms with Gasteiger partial charge in [-0.1, -0.05) is 6.92 Å². The summed E-state index contributed by atoms with van der Waals surface area (Å²) in [6, 6.07) is 0. The zero-order valence-corrected chi connectivity index (χ0v) is 6.02. The average Bonchev–Trinajstić information content (AvgIpc) is 1.89. The van der Waals surface area contributed by atoms with E-state index < -0.39 is 0 Å². The standard InChI is InChI=1S/C6H9ClO2/c1-2-6(8)9-5-3-4-7/h3,5H,2,4H2,1H3/b5-3+. The Morgan fingerprint density at radius 1 is 1.78 bits per heavy atom. The second-order valence-electron chi connectivity index (χ2n) is 1.37. The van der Waals surface area contributed by atoms with Gasteiger partial charge in [-0.2, -0.15) is 0 Å². The number of carbonyl (C=O) groups excluding carboxylic acids is 1. The van der Waals surface area contributed by atoms with Crippen molar-refractivity contribution in [3.05, 3.63) is 12.3 Å². The zero-order valence-electron chi connectivity index (χ0n) is 5.26. The minimum Gasteiger partial charge on any atom is -0.435 e. The highest BCUT2D eigenvalue weighted by Gasteiger charge is 1.91. The van der Waals surface area contributed by atoms with E-state index >= 15 is 0 Å². The molecular formula is C6H9ClO2. The van der Waals surface area contributed by atoms with E-state index in [0.717, 1.165) is 0 Å². The lowest BCUT2D eigenvalue weighted by Gasteiger charge is -1.90. The molecule has 2 nitrogen and oxygen atoms in total. The summed E-state index contributed by atoms with van der Waals surface area (Å²) >= 11 is 5.25. The van der Waals surface area contributed by atoms with Crippen molar-refractivity contribution in [3.8, 4) is 0 Å². The molecule has 3 heteroatoms. The van der Waals surface area contributed by atoms with Crippen molar-refractivity contribution in [1.82, 2.24) is 0 Å². The van der Waals surface area contributed by atoms with Crippen LogP contribution in [-0.2, 0) is 9.53 Å². The van der Waals surface area contributed by atoms with E-state index in [-0.39, 0.29) is 5.97 Å². The van der Waals surface area contributed by atoms with E-state index in [1.54, 1.807) is 13.0 Å². The van der Waals surface area contributed by atoms with Crippen LogP contribution in [0.2, 0.25) is 0 Å². The Bertz CT molecular complexity index is 110. The molecule has 0 radical (unpaired) electrons. The highest BCUT2D eigenvalue weighted by Crippen LogP contribution is 1.85. The van der Waals surface area contributed by atoms with Crippen molar-refractivity contribution in [1.29, 1.82) is 0 Å². The lowest BCUT2D eigenvalue weighted by molar-refractivity contribution is -0.137. The summed E-state index contributed by atoms with van der Waals surface area (Å²) in [6.07, 6.45) is 3.26. The third kappa shape index (κ3) is 5.37. The maximum absolute atomic E-state index is 10.4. The third-order valence-corrected chi connectivity index (χ3v) is 0.852. The molecule has 0 heterocycles. The van der Waals surface area contributed by atoms with Crippen LogP contribution in [0.4, 0.5) is 0 Å². The molecule has 0 unspecified atom stereocenters. The number of hydrogen-bond donors (Lipinski definition) is 0. The van der Waals surface area contributed by atoms with Crippen molar-refractivity contribution < 1.29 is 9.53 Å². The van der Waals surface area contributed by atoms with Crippen LogP contribution in [0.5, 0.6) is 0 Å². The fraction of sp³-hybridized carbons (Fsp3) is 0.500. The number of esters is 1. The van der Waals surface area contributed by atoms with Gasteiger partial charge in [-0.3, -0.25) is 4.79 Å². The molecule has 0 fully saturated rings. The van der Waals surface area contributed by atoms with Gasteiger partial charge in [0.2, 0.25) is 0 Å². The number of halogens is 1. The van der Waals surface area contributed by atoms with Crippen LogP contribution >= 0.6 is 11.6 Å². The predicted molar refractivity (Wildman–Crippen MR) is 36.2 cm³/mol. The van der Waals surface area contributed by atoms with Gasteiger partial charge in [0.1, 0.15) is 0 Å². The summed E-state index contributed by atoms with van der Waals surface area (Å²) in [4.78, 5) is 10.4. The molecule has 0 aliphatic rings. The minimum absolute atomic E-state index is 0.239. The van der Waals surface area contributed by atoms with E-state index in [1.807, 2.05) is 0 Å². The van der Waals surface area contributed by atoms with Gasteiger partial charge in [-0.05, 0) is 6.08 Å². The first-order valence-electron chi connectivity index (χ1n) is 2.71. The molecule has 0 atom stereocenters. The van der Waals surface area contributed by atoms with E-state index in [0.29, 0.717) is 12.3 Å². The molecule has 0 spiro atoms. The number of alkyl halides is 1. The first kappa shape index (κ1) is 8.50. The van der Waals surface area contributed by atoms with Crippen LogP contribution in [0, 0.1) is 0 Å². The van der Waals surface area contributed by atoms with Gasteiger partial charge in [-0.15, -0.1) is 11.6 Å². The Hall–Kier alpha value is -0.500. The molecule has 0 N–H and O–H groups in total. The van der Waals surface area contributed by atoms with Gasteiger partial charge in [0.25, 0.3) is 0 Å². The molecule has 0 aromatic rings. The van der Waals surface area contributed by atoms with Crippen molar-refractivity contribution in [2.24, 2.45) is 0 Å². The lowest BCUT2D eigenvalue weighted by Crippen LogP contribution is -1.95. The lowest BCUT2D eigenvalue weighted by atomic mass is 10.5. The topological polar surface area (TPSA) is 26.3 Å². The fourth-order valence-corrected chi connectivity index (χ4v) is 0.316. The molecule has 0 aliphatic heterocycles. The maximum Gasteiger partial charge on any atom is 0.310 e. The molecule has 0 aromatic carbocycles. The number of rotatable bonds is 3. The average molecular weight is 149 g/mol. The third-order valence-electron chi connectivity index (χ3n) is 0.673. The van der Waals surface area contributed by atoms with Crippen LogP contribution in [0.15, 0.2) is 12.3 Å². The van der Waals surface area contributed by atoms with E-state index in [9.17, 15) is 4.79 Å². The van der Waals surface area contributed by atoms with Crippen molar-refractivity contribution in [2.75, 3.05) is 5.88 Å². The molecule has 0 rings (SSSR count). The quantitative estimate of drug-likeness (QED) is 0.346. The zero-order chi connectivity index (χ0) is 7.11. The predicted octanol–water partition coefficient (Wildman–Crippen LogP) is 1.69. The normalized spacial score (nSPS) is 10.0. The monoisotopic (exact) mass is 148 g/mol. The Morgan fingerprint density at radius 3 is 2.89 bits per heavy atom. The summed E-state index contributed by atoms with van der Waals surface area (Å²) in [5, 5.41) is 0. The van der Waals surface area contributed by atoms with Crippen molar-refractivity contribution >= 4 is 17.6 Å². The first-order valence-corrected chi connectivity index (χ1v) is 3.25. The second-order valence-corrected chi connectivity index (χ2v) is 1.68. The van der Waals surface area contributed by atoms with E-state index in [4.69, 9.17) is 11.6 Å². The Labute approximate surface area is 59.5 Å². The highest BCUT2D eigenvalue weighted by molar-refractivity contribution is 6.18. The molecular weight excluding hydrogens is 140 g/mol. The van der Waals surface area contributed by atoms with Crippen LogP contribution in [0.25, 0.3) is 0 Å². The highest BCUT2D eigenvalue weighted by atomic mass is 35.5. The molecule has 0 aromatic heterocycles. The smallest absolute Gasteiger partial charge is 0.310 e. The molecule has 9 heavy (non-hydrogen) atoms. The summed E-state index contributed by atoms with van der Waals surface area (Å²) in [5.74, 6) is 0.133. The Morgan fingerprint density at radius 2 is 2.44 bits per heavy atom. The van der Waals surface area contributed by atoms with Gasteiger partial charge < -0.3 is 4.74 Å². The summed E-state index contributed by atoms with van der Waals surface area (Å²) in [6.45, 7) is 1.73. The number of hydrogen-bond acceptors (Lipinski definition) is 2. The largest absolute Gasteiger partial charge is 0.435 e. The SMILES string of the molecule is CCC(=O)O/C=C/CCl. The van der Waals surface area contributed by atoms with Gasteiger partial charge in [-0.25, -0.2) is 0 Å². The summed E-state index contributed by atoms with van der Waals surface area (Å²) < 4.78 is 4.53. The van der Waals surface area contributed by atoms with Crippen LogP contribution in [0.3, 0.4) is 0 Å². The minimum atomic E-state index is -0.239. The van der Waals surface area contributed by atoms with Gasteiger partial charge in [0.05, 0.1) is 6.26 Å². The van der Waals surface area contributed by atoms with E-state index in [2.05, 4.69) is 4.74 Å². The van der Waals surface area contributed by atoms with Gasteiger partial charge >= 0.3 is 5.97 Å². The molecule has 0 aliphatic carbocycles. The second kappa shape index (κ2) is 5.63.